The molecule has 1 aromatic heterocycles. The van der Waals surface area contributed by atoms with E-state index in [1.54, 1.807) is 7.05 Å². The molecule has 144 valence electrons. The third kappa shape index (κ3) is 7.32. The van der Waals surface area contributed by atoms with Gasteiger partial charge in [0.1, 0.15) is 15.7 Å². The number of nitrogens with one attached hydrogen (secondary N) is 2. The molecule has 2 N–H and O–H groups in total. The molecule has 0 radical (unpaired) electrons. The molecule has 26 heavy (non-hydrogen) atoms. The summed E-state index contributed by atoms with van der Waals surface area (Å²) in [5.74, 6) is 1.70. The minimum Gasteiger partial charge on any atom is -0.356 e. The summed E-state index contributed by atoms with van der Waals surface area (Å²) in [6, 6.07) is 10.0. The van der Waals surface area contributed by atoms with Crippen molar-refractivity contribution in [3.63, 3.8) is 0 Å². The molecular weight excluding hydrogens is 465 g/mol. The number of sulfone groups is 1. The second-order valence-corrected chi connectivity index (χ2v) is 8.18. The monoisotopic (exact) mass is 491 g/mol. The molecule has 2 rings (SSSR count). The summed E-state index contributed by atoms with van der Waals surface area (Å²) >= 11 is 0. The summed E-state index contributed by atoms with van der Waals surface area (Å²) < 4.78 is 22.3. The number of guanidine groups is 1. The molecule has 1 heterocycles. The van der Waals surface area contributed by atoms with Gasteiger partial charge in [-0.15, -0.1) is 24.0 Å². The number of aromatic nitrogens is 2. The Kier molecular flexibility index (Phi) is 9.06. The van der Waals surface area contributed by atoms with Gasteiger partial charge in [0.25, 0.3) is 0 Å². The molecule has 0 spiro atoms. The fourth-order valence-electron chi connectivity index (χ4n) is 2.43. The molecule has 1 aromatic carbocycles. The highest BCUT2D eigenvalue weighted by molar-refractivity contribution is 14.0. The van der Waals surface area contributed by atoms with Crippen LogP contribution < -0.4 is 5.32 Å². The quantitative estimate of drug-likeness (QED) is 0.268. The van der Waals surface area contributed by atoms with Crippen LogP contribution in [-0.4, -0.2) is 61.9 Å². The maximum absolute atomic E-state index is 11.2. The first kappa shape index (κ1) is 22.4. The van der Waals surface area contributed by atoms with Crippen LogP contribution in [0.4, 0.5) is 0 Å². The SMILES string of the molecule is CN=C(NCCCS(C)(=O)=O)N(C)Cc1ncc(-c2ccccc2)[nH]1.I. The number of hydrogen-bond donors (Lipinski definition) is 2. The second kappa shape index (κ2) is 10.5. The van der Waals surface area contributed by atoms with Gasteiger partial charge in [0, 0.05) is 26.9 Å². The van der Waals surface area contributed by atoms with Gasteiger partial charge in [-0.25, -0.2) is 13.4 Å². The summed E-state index contributed by atoms with van der Waals surface area (Å²) in [5, 5.41) is 3.17. The molecule has 0 bridgehead atoms. The normalized spacial score (nSPS) is 11.7. The van der Waals surface area contributed by atoms with Crippen molar-refractivity contribution in [1.29, 1.82) is 0 Å². The largest absolute Gasteiger partial charge is 0.356 e. The van der Waals surface area contributed by atoms with E-state index in [-0.39, 0.29) is 29.7 Å². The molecule has 0 saturated carbocycles. The van der Waals surface area contributed by atoms with Gasteiger partial charge >= 0.3 is 0 Å². The van der Waals surface area contributed by atoms with E-state index in [9.17, 15) is 8.42 Å². The van der Waals surface area contributed by atoms with E-state index in [2.05, 4.69) is 20.3 Å². The van der Waals surface area contributed by atoms with E-state index in [0.717, 1.165) is 17.1 Å². The Labute approximate surface area is 172 Å². The lowest BCUT2D eigenvalue weighted by Gasteiger charge is -2.21. The van der Waals surface area contributed by atoms with Gasteiger partial charge < -0.3 is 15.2 Å². The first-order valence-electron chi connectivity index (χ1n) is 8.08. The van der Waals surface area contributed by atoms with Crippen LogP contribution >= 0.6 is 24.0 Å². The fraction of sp³-hybridized carbons (Fsp3) is 0.412. The number of nitrogens with zero attached hydrogens (tertiary/aromatic N) is 3. The van der Waals surface area contributed by atoms with E-state index in [4.69, 9.17) is 0 Å². The highest BCUT2D eigenvalue weighted by Crippen LogP contribution is 2.16. The Morgan fingerprint density at radius 2 is 2.00 bits per heavy atom. The Hall–Kier alpha value is -1.62. The third-order valence-electron chi connectivity index (χ3n) is 3.65. The molecule has 0 atom stereocenters. The van der Waals surface area contributed by atoms with Crippen molar-refractivity contribution >= 4 is 39.8 Å². The zero-order valence-electron chi connectivity index (χ0n) is 15.3. The van der Waals surface area contributed by atoms with Gasteiger partial charge in [-0.3, -0.25) is 4.99 Å². The predicted octanol–water partition coefficient (Wildman–Crippen LogP) is 2.14. The molecule has 0 aliphatic carbocycles. The molecule has 2 aromatic rings. The standard InChI is InChI=1S/C17H25N5O2S.HI/c1-18-17(19-10-7-11-25(3,23)24)22(2)13-16-20-12-15(21-16)14-8-5-4-6-9-14;/h4-6,8-9,12H,7,10-11,13H2,1-3H3,(H,18,19)(H,20,21);1H. The topological polar surface area (TPSA) is 90.4 Å². The summed E-state index contributed by atoms with van der Waals surface area (Å²) in [6.45, 7) is 1.12. The first-order chi connectivity index (χ1) is 11.9. The first-order valence-corrected chi connectivity index (χ1v) is 10.1. The van der Waals surface area contributed by atoms with Crippen LogP contribution in [0.3, 0.4) is 0 Å². The maximum atomic E-state index is 11.2. The summed E-state index contributed by atoms with van der Waals surface area (Å²) in [6.07, 6.45) is 3.61. The van der Waals surface area contributed by atoms with Crippen LogP contribution in [0.2, 0.25) is 0 Å². The van der Waals surface area contributed by atoms with Gasteiger partial charge in [0.2, 0.25) is 0 Å². The average Bonchev–Trinajstić information content (AvgIpc) is 3.03. The number of H-pyrrole nitrogens is 1. The zero-order valence-corrected chi connectivity index (χ0v) is 18.4. The molecule has 9 heteroatoms. The summed E-state index contributed by atoms with van der Waals surface area (Å²) in [7, 11) is 0.685. The van der Waals surface area contributed by atoms with Crippen LogP contribution in [0.5, 0.6) is 0 Å². The molecular formula is C17H26IN5O2S. The smallest absolute Gasteiger partial charge is 0.193 e. The lowest BCUT2D eigenvalue weighted by atomic mass is 10.2. The van der Waals surface area contributed by atoms with E-state index in [1.807, 2.05) is 48.5 Å². The van der Waals surface area contributed by atoms with E-state index >= 15 is 0 Å². The molecule has 0 saturated heterocycles. The lowest BCUT2D eigenvalue weighted by molar-refractivity contribution is 0.464. The van der Waals surface area contributed by atoms with Crippen molar-refractivity contribution in [2.45, 2.75) is 13.0 Å². The van der Waals surface area contributed by atoms with E-state index < -0.39 is 9.84 Å². The van der Waals surface area contributed by atoms with Crippen molar-refractivity contribution in [3.05, 3.63) is 42.4 Å². The second-order valence-electron chi connectivity index (χ2n) is 5.92. The minimum absolute atomic E-state index is 0. The Bertz CT molecular complexity index is 806. The highest BCUT2D eigenvalue weighted by Gasteiger charge is 2.10. The maximum Gasteiger partial charge on any atom is 0.193 e. The minimum atomic E-state index is -2.93. The molecule has 0 fully saturated rings. The van der Waals surface area contributed by atoms with Gasteiger partial charge in [-0.05, 0) is 12.0 Å². The van der Waals surface area contributed by atoms with Crippen LogP contribution in [-0.2, 0) is 16.4 Å². The van der Waals surface area contributed by atoms with Crippen molar-refractivity contribution in [1.82, 2.24) is 20.2 Å². The van der Waals surface area contributed by atoms with Gasteiger partial charge in [0.15, 0.2) is 5.96 Å². The number of rotatable bonds is 7. The van der Waals surface area contributed by atoms with Crippen molar-refractivity contribution in [2.75, 3.05) is 32.6 Å². The summed E-state index contributed by atoms with van der Waals surface area (Å²) in [4.78, 5) is 13.9. The van der Waals surface area contributed by atoms with Gasteiger partial charge in [-0.2, -0.15) is 0 Å². The van der Waals surface area contributed by atoms with Crippen LogP contribution in [0.25, 0.3) is 11.3 Å². The average molecular weight is 491 g/mol. The van der Waals surface area contributed by atoms with E-state index in [0.29, 0.717) is 25.5 Å². The predicted molar refractivity (Wildman–Crippen MR) is 117 cm³/mol. The Balaban J connectivity index is 0.00000338. The molecule has 0 aliphatic rings. The van der Waals surface area contributed by atoms with Crippen LogP contribution in [0.15, 0.2) is 41.5 Å². The van der Waals surface area contributed by atoms with Gasteiger partial charge in [0.05, 0.1) is 24.2 Å². The number of aliphatic imine (C=N–C) groups is 1. The van der Waals surface area contributed by atoms with Gasteiger partial charge in [-0.1, -0.05) is 30.3 Å². The Morgan fingerprint density at radius 3 is 2.62 bits per heavy atom. The molecule has 0 amide bonds. The van der Waals surface area contributed by atoms with E-state index in [1.165, 1.54) is 6.26 Å². The van der Waals surface area contributed by atoms with Crippen LogP contribution in [0, 0.1) is 0 Å². The zero-order chi connectivity index (χ0) is 18.3. The van der Waals surface area contributed by atoms with Crippen molar-refractivity contribution in [2.24, 2.45) is 4.99 Å². The summed E-state index contributed by atoms with van der Waals surface area (Å²) in [5.41, 5.74) is 2.06. The number of halogens is 1. The van der Waals surface area contributed by atoms with Crippen molar-refractivity contribution in [3.8, 4) is 11.3 Å². The number of benzene rings is 1. The Morgan fingerprint density at radius 1 is 1.31 bits per heavy atom. The molecule has 7 nitrogen and oxygen atoms in total. The third-order valence-corrected chi connectivity index (χ3v) is 4.68. The number of hydrogen-bond acceptors (Lipinski definition) is 4. The molecule has 0 unspecified atom stereocenters. The van der Waals surface area contributed by atoms with Crippen molar-refractivity contribution < 1.29 is 8.42 Å². The number of aromatic amines is 1. The fourth-order valence-corrected chi connectivity index (χ4v) is 3.09. The van der Waals surface area contributed by atoms with Crippen LogP contribution in [0.1, 0.15) is 12.2 Å². The molecule has 0 aliphatic heterocycles. The lowest BCUT2D eigenvalue weighted by Crippen LogP contribution is -2.39. The number of imidazole rings is 1. The highest BCUT2D eigenvalue weighted by atomic mass is 127.